The van der Waals surface area contributed by atoms with E-state index in [1.54, 1.807) is 0 Å². The Labute approximate surface area is 125 Å². The molecule has 0 radical (unpaired) electrons. The van der Waals surface area contributed by atoms with Gasteiger partial charge in [0.2, 0.25) is 5.91 Å². The fraction of sp³-hybridized carbons (Fsp3) is 0.944. The van der Waals surface area contributed by atoms with E-state index >= 15 is 0 Å². The van der Waals surface area contributed by atoms with Crippen molar-refractivity contribution in [2.45, 2.75) is 85.6 Å². The molecule has 116 valence electrons. The lowest BCUT2D eigenvalue weighted by Crippen LogP contribution is -2.38. The van der Waals surface area contributed by atoms with E-state index in [1.165, 1.54) is 32.1 Å². The summed E-state index contributed by atoms with van der Waals surface area (Å²) in [4.78, 5) is 12.0. The molecule has 0 aromatic carbocycles. The summed E-state index contributed by atoms with van der Waals surface area (Å²) >= 11 is 0. The Bertz CT molecular complexity index is 355. The molecule has 0 aromatic heterocycles. The fourth-order valence-electron chi connectivity index (χ4n) is 4.44. The van der Waals surface area contributed by atoms with Crippen molar-refractivity contribution in [3.63, 3.8) is 0 Å². The van der Waals surface area contributed by atoms with Crippen molar-refractivity contribution < 1.29 is 4.79 Å². The molecule has 2 fully saturated rings. The SMILES string of the molecule is CC(C)CC1NC(=O)CC12CCCC(C(C)(C)C)CC2. The molecule has 2 heteroatoms. The maximum atomic E-state index is 12.0. The Morgan fingerprint density at radius 2 is 1.95 bits per heavy atom. The summed E-state index contributed by atoms with van der Waals surface area (Å²) in [6, 6.07) is 0.425. The molecule has 2 nitrogen and oxygen atoms in total. The summed E-state index contributed by atoms with van der Waals surface area (Å²) in [6.07, 6.45) is 8.35. The molecule has 2 aliphatic rings. The first-order valence-corrected chi connectivity index (χ1v) is 8.52. The zero-order valence-corrected chi connectivity index (χ0v) is 14.1. The summed E-state index contributed by atoms with van der Waals surface area (Å²) in [5, 5.41) is 3.29. The second-order valence-corrected chi connectivity index (χ2v) is 8.78. The molecule has 1 aliphatic heterocycles. The zero-order chi connectivity index (χ0) is 15.0. The molecular formula is C18H33NO. The van der Waals surface area contributed by atoms with Crippen LogP contribution in [0.2, 0.25) is 0 Å². The third-order valence-electron chi connectivity index (χ3n) is 5.74. The summed E-state index contributed by atoms with van der Waals surface area (Å²) in [7, 11) is 0. The van der Waals surface area contributed by atoms with E-state index in [9.17, 15) is 4.79 Å². The number of nitrogens with one attached hydrogen (secondary N) is 1. The number of carbonyl (C=O) groups is 1. The highest BCUT2D eigenvalue weighted by Gasteiger charge is 2.47. The minimum absolute atomic E-state index is 0.265. The quantitative estimate of drug-likeness (QED) is 0.790. The van der Waals surface area contributed by atoms with Crippen LogP contribution in [0, 0.1) is 22.7 Å². The van der Waals surface area contributed by atoms with Crippen molar-refractivity contribution in [3.8, 4) is 0 Å². The van der Waals surface area contributed by atoms with Gasteiger partial charge in [-0.1, -0.05) is 41.0 Å². The number of carbonyl (C=O) groups excluding carboxylic acids is 1. The van der Waals surface area contributed by atoms with E-state index in [0.29, 0.717) is 23.3 Å². The second-order valence-electron chi connectivity index (χ2n) is 8.78. The molecule has 1 N–H and O–H groups in total. The average molecular weight is 279 g/mol. The molecule has 2 rings (SSSR count). The molecule has 0 bridgehead atoms. The van der Waals surface area contributed by atoms with Gasteiger partial charge in [0.1, 0.15) is 0 Å². The highest BCUT2D eigenvalue weighted by molar-refractivity contribution is 5.80. The monoisotopic (exact) mass is 279 g/mol. The number of amides is 1. The lowest BCUT2D eigenvalue weighted by atomic mass is 9.70. The van der Waals surface area contributed by atoms with Gasteiger partial charge in [-0.2, -0.15) is 0 Å². The van der Waals surface area contributed by atoms with Crippen LogP contribution in [0.3, 0.4) is 0 Å². The highest BCUT2D eigenvalue weighted by atomic mass is 16.2. The molecule has 0 aromatic rings. The van der Waals surface area contributed by atoms with Gasteiger partial charge in [-0.05, 0) is 54.8 Å². The van der Waals surface area contributed by atoms with Crippen molar-refractivity contribution in [1.82, 2.24) is 5.32 Å². The minimum Gasteiger partial charge on any atom is -0.353 e. The van der Waals surface area contributed by atoms with Crippen molar-refractivity contribution in [2.75, 3.05) is 0 Å². The fourth-order valence-corrected chi connectivity index (χ4v) is 4.44. The number of hydrogen-bond donors (Lipinski definition) is 1. The Hall–Kier alpha value is -0.530. The molecule has 20 heavy (non-hydrogen) atoms. The largest absolute Gasteiger partial charge is 0.353 e. The van der Waals surface area contributed by atoms with Crippen molar-refractivity contribution in [2.24, 2.45) is 22.7 Å². The standard InChI is InChI=1S/C18H33NO/c1-13(2)11-15-18(12-16(20)19-15)9-6-7-14(8-10-18)17(3,4)5/h13-15H,6-12H2,1-5H3,(H,19,20). The van der Waals surface area contributed by atoms with Gasteiger partial charge in [0.05, 0.1) is 0 Å². The predicted octanol–water partition coefficient (Wildman–Crippen LogP) is 4.53. The van der Waals surface area contributed by atoms with Crippen molar-refractivity contribution in [3.05, 3.63) is 0 Å². The van der Waals surface area contributed by atoms with E-state index in [-0.39, 0.29) is 5.41 Å². The van der Waals surface area contributed by atoms with E-state index in [0.717, 1.165) is 18.8 Å². The number of rotatable bonds is 2. The Morgan fingerprint density at radius 1 is 1.25 bits per heavy atom. The third-order valence-corrected chi connectivity index (χ3v) is 5.74. The van der Waals surface area contributed by atoms with Gasteiger partial charge in [-0.15, -0.1) is 0 Å². The van der Waals surface area contributed by atoms with Crippen molar-refractivity contribution in [1.29, 1.82) is 0 Å². The van der Waals surface area contributed by atoms with Crippen LogP contribution in [0.15, 0.2) is 0 Å². The normalized spacial score (nSPS) is 35.4. The van der Waals surface area contributed by atoms with Gasteiger partial charge in [-0.3, -0.25) is 4.79 Å². The topological polar surface area (TPSA) is 29.1 Å². The molecule has 1 spiro atoms. The van der Waals surface area contributed by atoms with Crippen LogP contribution in [0.5, 0.6) is 0 Å². The lowest BCUT2D eigenvalue weighted by molar-refractivity contribution is -0.119. The van der Waals surface area contributed by atoms with E-state index in [4.69, 9.17) is 0 Å². The molecular weight excluding hydrogens is 246 g/mol. The van der Waals surface area contributed by atoms with Gasteiger partial charge < -0.3 is 5.32 Å². The van der Waals surface area contributed by atoms with Gasteiger partial charge in [-0.25, -0.2) is 0 Å². The molecule has 3 unspecified atom stereocenters. The first kappa shape index (κ1) is 15.9. The van der Waals surface area contributed by atoms with E-state index < -0.39 is 0 Å². The first-order valence-electron chi connectivity index (χ1n) is 8.52. The summed E-state index contributed by atoms with van der Waals surface area (Å²) < 4.78 is 0. The molecule has 1 aliphatic carbocycles. The summed E-state index contributed by atoms with van der Waals surface area (Å²) in [6.45, 7) is 11.7. The summed E-state index contributed by atoms with van der Waals surface area (Å²) in [5.74, 6) is 1.78. The van der Waals surface area contributed by atoms with Crippen LogP contribution < -0.4 is 5.32 Å². The molecule has 1 saturated carbocycles. The van der Waals surface area contributed by atoms with E-state index in [2.05, 4.69) is 39.9 Å². The molecule has 1 amide bonds. The molecule has 1 heterocycles. The zero-order valence-electron chi connectivity index (χ0n) is 14.1. The smallest absolute Gasteiger partial charge is 0.220 e. The van der Waals surface area contributed by atoms with E-state index in [1.807, 2.05) is 0 Å². The van der Waals surface area contributed by atoms with Crippen LogP contribution in [0.25, 0.3) is 0 Å². The minimum atomic E-state index is 0.265. The van der Waals surface area contributed by atoms with Crippen LogP contribution in [-0.2, 0) is 4.79 Å². The van der Waals surface area contributed by atoms with Crippen LogP contribution in [0.4, 0.5) is 0 Å². The first-order chi connectivity index (χ1) is 9.23. The third kappa shape index (κ3) is 3.38. The van der Waals surface area contributed by atoms with Gasteiger partial charge in [0.25, 0.3) is 0 Å². The second kappa shape index (κ2) is 5.69. The predicted molar refractivity (Wildman–Crippen MR) is 84.5 cm³/mol. The molecule has 1 saturated heterocycles. The molecule has 3 atom stereocenters. The van der Waals surface area contributed by atoms with Gasteiger partial charge in [0, 0.05) is 12.5 Å². The summed E-state index contributed by atoms with van der Waals surface area (Å²) in [5.41, 5.74) is 0.677. The lowest BCUT2D eigenvalue weighted by Gasteiger charge is -2.35. The average Bonchev–Trinajstić information content (AvgIpc) is 2.47. The van der Waals surface area contributed by atoms with Crippen LogP contribution >= 0.6 is 0 Å². The van der Waals surface area contributed by atoms with Crippen LogP contribution in [0.1, 0.15) is 79.6 Å². The Balaban J connectivity index is 2.11. The van der Waals surface area contributed by atoms with Crippen LogP contribution in [-0.4, -0.2) is 11.9 Å². The number of hydrogen-bond acceptors (Lipinski definition) is 1. The highest BCUT2D eigenvalue weighted by Crippen LogP contribution is 2.49. The van der Waals surface area contributed by atoms with Crippen molar-refractivity contribution >= 4 is 5.91 Å². The Morgan fingerprint density at radius 3 is 2.55 bits per heavy atom. The van der Waals surface area contributed by atoms with Gasteiger partial charge in [0.15, 0.2) is 0 Å². The maximum Gasteiger partial charge on any atom is 0.220 e. The van der Waals surface area contributed by atoms with Gasteiger partial charge >= 0.3 is 0 Å². The maximum absolute atomic E-state index is 12.0. The Kier molecular flexibility index (Phi) is 4.51.